The molecule has 0 bridgehead atoms. The van der Waals surface area contributed by atoms with Gasteiger partial charge in [-0.2, -0.15) is 0 Å². The summed E-state index contributed by atoms with van der Waals surface area (Å²) in [6.07, 6.45) is 0.837. The van der Waals surface area contributed by atoms with Gasteiger partial charge in [-0.1, -0.05) is 20.3 Å². The first-order valence-corrected chi connectivity index (χ1v) is 8.52. The number of hydrogen-bond donors (Lipinski definition) is 2. The van der Waals surface area contributed by atoms with Crippen molar-refractivity contribution in [2.45, 2.75) is 39.3 Å². The number of ketones is 1. The number of benzene rings is 1. The van der Waals surface area contributed by atoms with Gasteiger partial charge in [-0.05, 0) is 38.1 Å². The predicted molar refractivity (Wildman–Crippen MR) is 94.6 cm³/mol. The number of amides is 1. The van der Waals surface area contributed by atoms with Crippen LogP contribution in [0.15, 0.2) is 18.2 Å². The molecule has 0 aliphatic carbocycles. The van der Waals surface area contributed by atoms with Crippen LogP contribution in [-0.4, -0.2) is 49.2 Å². The highest BCUT2D eigenvalue weighted by atomic mass is 16.7. The second kappa shape index (κ2) is 8.31. The zero-order valence-corrected chi connectivity index (χ0v) is 15.2. The number of likely N-dealkylation sites (N-methyl/N-ethyl adjacent to an activating group) is 1. The van der Waals surface area contributed by atoms with Gasteiger partial charge in [0.25, 0.3) is 0 Å². The van der Waals surface area contributed by atoms with Gasteiger partial charge in [-0.3, -0.25) is 14.5 Å². The second-order valence-corrected chi connectivity index (χ2v) is 6.48. The molecule has 138 valence electrons. The maximum atomic E-state index is 12.6. The molecule has 3 N–H and O–H groups in total. The smallest absolute Gasteiger partial charge is 0.238 e. The minimum absolute atomic E-state index is 0.0544. The van der Waals surface area contributed by atoms with Gasteiger partial charge < -0.3 is 20.5 Å². The standard InChI is InChI=1S/C18H27N3O4/c1-5-11(2)16(19)18(23)20-9-21(4)12(3)17(22)13-6-7-14-15(8-13)25-10-24-14/h6-8,11-12,16H,5,9-10,19H2,1-4H3,(H,20,23). The molecule has 0 spiro atoms. The summed E-state index contributed by atoms with van der Waals surface area (Å²) in [6.45, 7) is 6.16. The van der Waals surface area contributed by atoms with Crippen LogP contribution in [-0.2, 0) is 4.79 Å². The van der Waals surface area contributed by atoms with E-state index >= 15 is 0 Å². The van der Waals surface area contributed by atoms with Crippen molar-refractivity contribution >= 4 is 11.7 Å². The number of nitrogens with two attached hydrogens (primary N) is 1. The van der Waals surface area contributed by atoms with E-state index in [4.69, 9.17) is 15.2 Å². The van der Waals surface area contributed by atoms with Gasteiger partial charge in [0.15, 0.2) is 17.3 Å². The molecule has 1 heterocycles. The monoisotopic (exact) mass is 349 g/mol. The minimum atomic E-state index is -0.543. The molecule has 7 heteroatoms. The lowest BCUT2D eigenvalue weighted by molar-refractivity contribution is -0.124. The lowest BCUT2D eigenvalue weighted by Gasteiger charge is -2.25. The molecule has 3 unspecified atom stereocenters. The van der Waals surface area contributed by atoms with Gasteiger partial charge in [-0.15, -0.1) is 0 Å². The van der Waals surface area contributed by atoms with E-state index in [1.54, 1.807) is 37.1 Å². The Hall–Kier alpha value is -2.12. The Labute approximate surface area is 148 Å². The molecule has 0 fully saturated rings. The largest absolute Gasteiger partial charge is 0.454 e. The Bertz CT molecular complexity index is 635. The van der Waals surface area contributed by atoms with E-state index in [0.29, 0.717) is 17.1 Å². The average molecular weight is 349 g/mol. The van der Waals surface area contributed by atoms with E-state index in [-0.39, 0.29) is 31.1 Å². The summed E-state index contributed by atoms with van der Waals surface area (Å²) in [7, 11) is 1.78. The molecule has 2 rings (SSSR count). The number of carbonyl (C=O) groups is 2. The molecule has 0 aromatic heterocycles. The summed E-state index contributed by atoms with van der Waals surface area (Å²) in [4.78, 5) is 26.5. The third-order valence-electron chi connectivity index (χ3n) is 4.76. The van der Waals surface area contributed by atoms with Crippen LogP contribution < -0.4 is 20.5 Å². The van der Waals surface area contributed by atoms with Crippen molar-refractivity contribution in [1.82, 2.24) is 10.2 Å². The zero-order valence-electron chi connectivity index (χ0n) is 15.2. The quantitative estimate of drug-likeness (QED) is 0.544. The van der Waals surface area contributed by atoms with Crippen LogP contribution in [0.5, 0.6) is 11.5 Å². The third-order valence-corrected chi connectivity index (χ3v) is 4.76. The van der Waals surface area contributed by atoms with Crippen LogP contribution in [0.2, 0.25) is 0 Å². The summed E-state index contributed by atoms with van der Waals surface area (Å²) in [5.74, 6) is 1.07. The van der Waals surface area contributed by atoms with Crippen LogP contribution in [0.3, 0.4) is 0 Å². The number of nitrogens with one attached hydrogen (secondary N) is 1. The molecule has 1 aliphatic rings. The molecular weight excluding hydrogens is 322 g/mol. The number of nitrogens with zero attached hydrogens (tertiary/aromatic N) is 1. The lowest BCUT2D eigenvalue weighted by atomic mass is 9.99. The molecule has 1 aromatic carbocycles. The van der Waals surface area contributed by atoms with Crippen molar-refractivity contribution in [2.75, 3.05) is 20.5 Å². The van der Waals surface area contributed by atoms with Crippen molar-refractivity contribution < 1.29 is 19.1 Å². The van der Waals surface area contributed by atoms with E-state index in [2.05, 4.69) is 5.32 Å². The fraction of sp³-hybridized carbons (Fsp3) is 0.556. The van der Waals surface area contributed by atoms with Crippen LogP contribution in [0.4, 0.5) is 0 Å². The second-order valence-electron chi connectivity index (χ2n) is 6.48. The number of rotatable bonds is 8. The normalized spacial score (nSPS) is 16.4. The molecular formula is C18H27N3O4. The molecule has 1 aliphatic heterocycles. The molecule has 3 atom stereocenters. The summed E-state index contributed by atoms with van der Waals surface area (Å²) in [5, 5.41) is 2.79. The lowest BCUT2D eigenvalue weighted by Crippen LogP contribution is -2.49. The van der Waals surface area contributed by atoms with Gasteiger partial charge in [0.05, 0.1) is 18.8 Å². The van der Waals surface area contributed by atoms with Gasteiger partial charge in [-0.25, -0.2) is 0 Å². The van der Waals surface area contributed by atoms with Gasteiger partial charge in [0.2, 0.25) is 12.7 Å². The molecule has 1 aromatic rings. The van der Waals surface area contributed by atoms with Crippen molar-refractivity contribution in [3.8, 4) is 11.5 Å². The van der Waals surface area contributed by atoms with Gasteiger partial charge in [0, 0.05) is 5.56 Å². The fourth-order valence-corrected chi connectivity index (χ4v) is 2.46. The molecule has 1 amide bonds. The highest BCUT2D eigenvalue weighted by Gasteiger charge is 2.24. The van der Waals surface area contributed by atoms with Crippen LogP contribution in [0.25, 0.3) is 0 Å². The summed E-state index contributed by atoms with van der Waals surface area (Å²) in [5.41, 5.74) is 6.46. The average Bonchev–Trinajstić information content (AvgIpc) is 3.10. The summed E-state index contributed by atoms with van der Waals surface area (Å²) in [6, 6.07) is 4.19. The van der Waals surface area contributed by atoms with Crippen molar-refractivity contribution in [2.24, 2.45) is 11.7 Å². The first-order chi connectivity index (χ1) is 11.8. The molecule has 0 radical (unpaired) electrons. The number of hydrogen-bond acceptors (Lipinski definition) is 6. The van der Waals surface area contributed by atoms with Crippen molar-refractivity contribution in [1.29, 1.82) is 0 Å². The highest BCUT2D eigenvalue weighted by molar-refractivity contribution is 6.00. The SMILES string of the molecule is CCC(C)C(N)C(=O)NCN(C)C(C)C(=O)c1ccc2c(c1)OCO2. The number of ether oxygens (including phenoxy) is 2. The first kappa shape index (κ1) is 19.2. The van der Waals surface area contributed by atoms with E-state index in [1.165, 1.54) is 0 Å². The van der Waals surface area contributed by atoms with E-state index in [1.807, 2.05) is 13.8 Å². The number of carbonyl (C=O) groups excluding carboxylic acids is 2. The molecule has 0 saturated heterocycles. The van der Waals surface area contributed by atoms with Crippen LogP contribution >= 0.6 is 0 Å². The maximum absolute atomic E-state index is 12.6. The maximum Gasteiger partial charge on any atom is 0.238 e. The fourth-order valence-electron chi connectivity index (χ4n) is 2.46. The molecule has 0 saturated carbocycles. The predicted octanol–water partition coefficient (Wildman–Crippen LogP) is 1.37. The Morgan fingerprint density at radius 2 is 1.96 bits per heavy atom. The minimum Gasteiger partial charge on any atom is -0.454 e. The van der Waals surface area contributed by atoms with E-state index in [9.17, 15) is 9.59 Å². The Morgan fingerprint density at radius 3 is 2.64 bits per heavy atom. The number of Topliss-reactive ketones (excluding diaryl/α,β-unsaturated/α-hetero) is 1. The van der Waals surface area contributed by atoms with Crippen LogP contribution in [0.1, 0.15) is 37.6 Å². The van der Waals surface area contributed by atoms with Crippen molar-refractivity contribution in [3.63, 3.8) is 0 Å². The summed E-state index contributed by atoms with van der Waals surface area (Å²) < 4.78 is 10.6. The first-order valence-electron chi connectivity index (χ1n) is 8.52. The zero-order chi connectivity index (χ0) is 18.6. The Morgan fingerprint density at radius 1 is 1.28 bits per heavy atom. The highest BCUT2D eigenvalue weighted by Crippen LogP contribution is 2.32. The third kappa shape index (κ3) is 4.49. The molecule has 25 heavy (non-hydrogen) atoms. The topological polar surface area (TPSA) is 93.9 Å². The van der Waals surface area contributed by atoms with Gasteiger partial charge in [0.1, 0.15) is 0 Å². The Kier molecular flexibility index (Phi) is 6.39. The van der Waals surface area contributed by atoms with E-state index < -0.39 is 12.1 Å². The van der Waals surface area contributed by atoms with Crippen molar-refractivity contribution in [3.05, 3.63) is 23.8 Å². The molecule has 7 nitrogen and oxygen atoms in total. The van der Waals surface area contributed by atoms with Crippen LogP contribution in [0, 0.1) is 5.92 Å². The number of fused-ring (bicyclic) bond motifs is 1. The summed E-state index contributed by atoms with van der Waals surface area (Å²) >= 11 is 0. The van der Waals surface area contributed by atoms with Gasteiger partial charge >= 0.3 is 0 Å². The Balaban J connectivity index is 1.92. The van der Waals surface area contributed by atoms with E-state index in [0.717, 1.165) is 6.42 Å².